The number of aromatic amines is 1. The third-order valence-electron chi connectivity index (χ3n) is 1.93. The fraction of sp³-hybridized carbons (Fsp3) is 0.444. The van der Waals surface area contributed by atoms with Crippen molar-refractivity contribution in [2.75, 3.05) is 5.73 Å². The molecular weight excluding hydrogens is 168 g/mol. The van der Waals surface area contributed by atoms with E-state index in [4.69, 9.17) is 10.8 Å². The van der Waals surface area contributed by atoms with E-state index in [1.165, 1.54) is 0 Å². The van der Waals surface area contributed by atoms with E-state index >= 15 is 0 Å². The Labute approximate surface area is 76.8 Å². The van der Waals surface area contributed by atoms with Gasteiger partial charge in [0.15, 0.2) is 0 Å². The van der Waals surface area contributed by atoms with Gasteiger partial charge in [0.2, 0.25) is 0 Å². The van der Waals surface area contributed by atoms with E-state index in [2.05, 4.69) is 4.98 Å². The lowest BCUT2D eigenvalue weighted by molar-refractivity contribution is 0.0696. The van der Waals surface area contributed by atoms with Crippen LogP contribution in [0.5, 0.6) is 0 Å². The van der Waals surface area contributed by atoms with Gasteiger partial charge in [-0.1, -0.05) is 20.8 Å². The fourth-order valence-electron chi connectivity index (χ4n) is 1.26. The first-order chi connectivity index (χ1) is 5.84. The van der Waals surface area contributed by atoms with Crippen molar-refractivity contribution in [1.82, 2.24) is 4.98 Å². The number of H-pyrrole nitrogens is 1. The molecule has 1 aromatic heterocycles. The number of carboxylic acid groups (broad SMARTS) is 1. The number of anilines is 1. The molecule has 1 aromatic rings. The molecule has 1 rings (SSSR count). The lowest BCUT2D eigenvalue weighted by Gasteiger charge is -2.17. The highest BCUT2D eigenvalue weighted by molar-refractivity contribution is 5.95. The Hall–Kier alpha value is -1.45. The summed E-state index contributed by atoms with van der Waals surface area (Å²) in [4.78, 5) is 13.6. The largest absolute Gasteiger partial charge is 0.478 e. The molecule has 0 aromatic carbocycles. The number of carboxylic acids is 1. The van der Waals surface area contributed by atoms with Gasteiger partial charge in [0.05, 0.1) is 0 Å². The van der Waals surface area contributed by atoms with Crippen LogP contribution in [0.4, 0.5) is 5.82 Å². The van der Waals surface area contributed by atoms with Crippen molar-refractivity contribution in [3.05, 3.63) is 17.3 Å². The van der Waals surface area contributed by atoms with Gasteiger partial charge in [-0.15, -0.1) is 0 Å². The smallest absolute Gasteiger partial charge is 0.339 e. The molecule has 0 radical (unpaired) electrons. The minimum Gasteiger partial charge on any atom is -0.478 e. The molecule has 4 heteroatoms. The number of carbonyl (C=O) groups is 1. The van der Waals surface area contributed by atoms with Crippen LogP contribution in [0, 0.1) is 0 Å². The maximum Gasteiger partial charge on any atom is 0.339 e. The molecule has 0 saturated carbocycles. The zero-order valence-corrected chi connectivity index (χ0v) is 8.01. The SMILES string of the molecule is CC(C)(C)c1c[nH]c(N)c1C(=O)O. The first-order valence-corrected chi connectivity index (χ1v) is 4.04. The summed E-state index contributed by atoms with van der Waals surface area (Å²) in [6.07, 6.45) is 1.65. The molecule has 0 aliphatic carbocycles. The number of nitrogen functional groups attached to an aromatic ring is 1. The Morgan fingerprint density at radius 1 is 1.54 bits per heavy atom. The van der Waals surface area contributed by atoms with Crippen LogP contribution < -0.4 is 5.73 Å². The molecule has 72 valence electrons. The van der Waals surface area contributed by atoms with Gasteiger partial charge in [-0.25, -0.2) is 4.79 Å². The topological polar surface area (TPSA) is 79.1 Å². The summed E-state index contributed by atoms with van der Waals surface area (Å²) < 4.78 is 0. The summed E-state index contributed by atoms with van der Waals surface area (Å²) in [5.74, 6) is -0.763. The average molecular weight is 182 g/mol. The molecule has 0 amide bonds. The van der Waals surface area contributed by atoms with Crippen LogP contribution in [0.25, 0.3) is 0 Å². The predicted octanol–water partition coefficient (Wildman–Crippen LogP) is 1.59. The van der Waals surface area contributed by atoms with E-state index in [1.807, 2.05) is 20.8 Å². The molecule has 0 saturated heterocycles. The zero-order chi connectivity index (χ0) is 10.2. The number of nitrogens with two attached hydrogens (primary N) is 1. The number of aromatic carboxylic acids is 1. The highest BCUT2D eigenvalue weighted by Gasteiger charge is 2.24. The minimum absolute atomic E-state index is 0.188. The fourth-order valence-corrected chi connectivity index (χ4v) is 1.26. The maximum atomic E-state index is 10.9. The highest BCUT2D eigenvalue weighted by Crippen LogP contribution is 2.28. The molecule has 1 heterocycles. The van der Waals surface area contributed by atoms with Gasteiger partial charge >= 0.3 is 5.97 Å². The number of hydrogen-bond donors (Lipinski definition) is 3. The van der Waals surface area contributed by atoms with Crippen molar-refractivity contribution in [2.45, 2.75) is 26.2 Å². The zero-order valence-electron chi connectivity index (χ0n) is 8.01. The number of hydrogen-bond acceptors (Lipinski definition) is 2. The van der Waals surface area contributed by atoms with Gasteiger partial charge in [0.25, 0.3) is 0 Å². The van der Waals surface area contributed by atoms with Crippen LogP contribution in [0.3, 0.4) is 0 Å². The van der Waals surface area contributed by atoms with Crippen LogP contribution in [0.15, 0.2) is 6.20 Å². The van der Waals surface area contributed by atoms with Gasteiger partial charge in [-0.3, -0.25) is 0 Å². The molecule has 0 atom stereocenters. The van der Waals surface area contributed by atoms with Crippen LogP contribution >= 0.6 is 0 Å². The van der Waals surface area contributed by atoms with E-state index in [1.54, 1.807) is 6.20 Å². The van der Waals surface area contributed by atoms with Crippen molar-refractivity contribution in [3.63, 3.8) is 0 Å². The normalized spacial score (nSPS) is 11.6. The van der Waals surface area contributed by atoms with Crippen molar-refractivity contribution >= 4 is 11.8 Å². The molecule has 0 fully saturated rings. The second-order valence-electron chi connectivity index (χ2n) is 4.05. The van der Waals surface area contributed by atoms with Crippen LogP contribution in [-0.4, -0.2) is 16.1 Å². The summed E-state index contributed by atoms with van der Waals surface area (Å²) in [6, 6.07) is 0. The van der Waals surface area contributed by atoms with Crippen LogP contribution in [-0.2, 0) is 5.41 Å². The maximum absolute atomic E-state index is 10.9. The van der Waals surface area contributed by atoms with E-state index in [0.29, 0.717) is 0 Å². The van der Waals surface area contributed by atoms with E-state index in [9.17, 15) is 4.79 Å². The van der Waals surface area contributed by atoms with Crippen molar-refractivity contribution in [2.24, 2.45) is 0 Å². The molecule has 0 unspecified atom stereocenters. The average Bonchev–Trinajstić information content (AvgIpc) is 2.28. The summed E-state index contributed by atoms with van der Waals surface area (Å²) in [5, 5.41) is 8.90. The Morgan fingerprint density at radius 3 is 2.38 bits per heavy atom. The van der Waals surface area contributed by atoms with Crippen molar-refractivity contribution < 1.29 is 9.90 Å². The molecule has 4 N–H and O–H groups in total. The van der Waals surface area contributed by atoms with Crippen LogP contribution in [0.2, 0.25) is 0 Å². The van der Waals surface area contributed by atoms with Crippen LogP contribution in [0.1, 0.15) is 36.7 Å². The summed E-state index contributed by atoms with van der Waals surface area (Å²) in [5.41, 5.74) is 6.22. The van der Waals surface area contributed by atoms with E-state index in [-0.39, 0.29) is 16.8 Å². The van der Waals surface area contributed by atoms with Gasteiger partial charge < -0.3 is 15.8 Å². The molecule has 4 nitrogen and oxygen atoms in total. The van der Waals surface area contributed by atoms with Gasteiger partial charge in [0.1, 0.15) is 11.4 Å². The molecule has 0 aliphatic heterocycles. The summed E-state index contributed by atoms with van der Waals surface area (Å²) in [7, 11) is 0. The van der Waals surface area contributed by atoms with E-state index < -0.39 is 5.97 Å². The Morgan fingerprint density at radius 2 is 2.08 bits per heavy atom. The second kappa shape index (κ2) is 2.80. The second-order valence-corrected chi connectivity index (χ2v) is 4.05. The Balaban J connectivity index is 3.31. The monoisotopic (exact) mass is 182 g/mol. The van der Waals surface area contributed by atoms with Gasteiger partial charge in [-0.2, -0.15) is 0 Å². The summed E-state index contributed by atoms with van der Waals surface area (Å²) in [6.45, 7) is 5.84. The quantitative estimate of drug-likeness (QED) is 0.617. The minimum atomic E-state index is -0.983. The first kappa shape index (κ1) is 9.64. The Kier molecular flexibility index (Phi) is 2.07. The Bertz CT molecular complexity index is 334. The standard InChI is InChI=1S/C9H14N2O2/c1-9(2,3)5-4-11-7(10)6(5)8(12)13/h4,11H,10H2,1-3H3,(H,12,13). The molecule has 0 spiro atoms. The molecular formula is C9H14N2O2. The molecule has 0 bridgehead atoms. The lowest BCUT2D eigenvalue weighted by Crippen LogP contribution is -2.15. The first-order valence-electron chi connectivity index (χ1n) is 4.04. The van der Waals surface area contributed by atoms with Crippen molar-refractivity contribution in [3.8, 4) is 0 Å². The highest BCUT2D eigenvalue weighted by atomic mass is 16.4. The lowest BCUT2D eigenvalue weighted by atomic mass is 9.86. The van der Waals surface area contributed by atoms with Gasteiger partial charge in [0, 0.05) is 6.20 Å². The van der Waals surface area contributed by atoms with E-state index in [0.717, 1.165) is 5.56 Å². The number of nitrogens with one attached hydrogen (secondary N) is 1. The number of aromatic nitrogens is 1. The summed E-state index contributed by atoms with van der Waals surface area (Å²) >= 11 is 0. The molecule has 13 heavy (non-hydrogen) atoms. The third kappa shape index (κ3) is 1.66. The predicted molar refractivity (Wildman–Crippen MR) is 50.9 cm³/mol. The van der Waals surface area contributed by atoms with Crippen molar-refractivity contribution in [1.29, 1.82) is 0 Å². The third-order valence-corrected chi connectivity index (χ3v) is 1.93. The number of rotatable bonds is 1. The van der Waals surface area contributed by atoms with Gasteiger partial charge in [-0.05, 0) is 11.0 Å². The molecule has 0 aliphatic rings.